The number of nitrogens with two attached hydrogens (primary N) is 2. The summed E-state index contributed by atoms with van der Waals surface area (Å²) >= 11 is 0. The lowest BCUT2D eigenvalue weighted by Crippen LogP contribution is -2.08. The van der Waals surface area contributed by atoms with E-state index in [2.05, 4.69) is 4.98 Å². The van der Waals surface area contributed by atoms with Gasteiger partial charge in [0.05, 0.1) is 0 Å². The second-order valence-corrected chi connectivity index (χ2v) is 3.44. The molecule has 0 saturated carbocycles. The first kappa shape index (κ1) is 11.2. The van der Waals surface area contributed by atoms with E-state index in [0.29, 0.717) is 5.82 Å². The Morgan fingerprint density at radius 2 is 2.20 bits per heavy atom. The monoisotopic (exact) mass is 205 g/mol. The van der Waals surface area contributed by atoms with Gasteiger partial charge in [0, 0.05) is 12.1 Å². The van der Waals surface area contributed by atoms with Gasteiger partial charge in [-0.25, -0.2) is 4.98 Å². The van der Waals surface area contributed by atoms with Gasteiger partial charge in [-0.05, 0) is 31.0 Å². The number of aromatic nitrogens is 1. The van der Waals surface area contributed by atoms with Crippen molar-refractivity contribution in [3.05, 3.63) is 29.0 Å². The molecule has 0 fully saturated rings. The molecule has 1 heterocycles. The fraction of sp³-hybridized carbons (Fsp3) is 0.273. The van der Waals surface area contributed by atoms with Crippen LogP contribution in [0.3, 0.4) is 0 Å². The van der Waals surface area contributed by atoms with Crippen molar-refractivity contribution in [3.63, 3.8) is 0 Å². The quantitative estimate of drug-likeness (QED) is 0.777. The lowest BCUT2D eigenvalue weighted by atomic mass is 10.1. The molecule has 80 valence electrons. The number of aryl methyl sites for hydroxylation is 2. The minimum Gasteiger partial charge on any atom is -0.384 e. The molecule has 1 rings (SSSR count). The first-order chi connectivity index (χ1) is 7.00. The van der Waals surface area contributed by atoms with Gasteiger partial charge in [0.1, 0.15) is 5.82 Å². The summed E-state index contributed by atoms with van der Waals surface area (Å²) in [5, 5.41) is 0. The van der Waals surface area contributed by atoms with Crippen LogP contribution in [0.1, 0.15) is 23.2 Å². The molecule has 4 N–H and O–H groups in total. The molecule has 1 amide bonds. The molecule has 0 radical (unpaired) electrons. The van der Waals surface area contributed by atoms with E-state index >= 15 is 0 Å². The molecule has 4 heteroatoms. The van der Waals surface area contributed by atoms with Crippen LogP contribution in [0.4, 0.5) is 5.82 Å². The van der Waals surface area contributed by atoms with Crippen LogP contribution in [0.25, 0.3) is 6.08 Å². The number of hydrogen-bond donors (Lipinski definition) is 2. The first-order valence-electron chi connectivity index (χ1n) is 4.69. The summed E-state index contributed by atoms with van der Waals surface area (Å²) in [4.78, 5) is 14.7. The van der Waals surface area contributed by atoms with Crippen molar-refractivity contribution >= 4 is 17.8 Å². The SMILES string of the molecule is Cc1cc(N)nc(C)c1C=CCC(N)=O. The Morgan fingerprint density at radius 3 is 2.73 bits per heavy atom. The highest BCUT2D eigenvalue weighted by atomic mass is 16.1. The Labute approximate surface area is 89.0 Å². The maximum Gasteiger partial charge on any atom is 0.221 e. The van der Waals surface area contributed by atoms with E-state index in [1.165, 1.54) is 0 Å². The van der Waals surface area contributed by atoms with Gasteiger partial charge in [-0.3, -0.25) is 4.79 Å². The molecule has 15 heavy (non-hydrogen) atoms. The summed E-state index contributed by atoms with van der Waals surface area (Å²) in [5.74, 6) is 0.169. The number of rotatable bonds is 3. The highest BCUT2D eigenvalue weighted by molar-refractivity contribution is 5.76. The van der Waals surface area contributed by atoms with Crippen molar-refractivity contribution in [1.29, 1.82) is 0 Å². The maximum atomic E-state index is 10.5. The number of carbonyl (C=O) groups excluding carboxylic acids is 1. The zero-order valence-electron chi connectivity index (χ0n) is 8.95. The molecular weight excluding hydrogens is 190 g/mol. The third-order valence-corrected chi connectivity index (χ3v) is 2.08. The molecule has 0 aromatic carbocycles. The maximum absolute atomic E-state index is 10.5. The topological polar surface area (TPSA) is 82.0 Å². The van der Waals surface area contributed by atoms with Gasteiger partial charge in [0.2, 0.25) is 5.91 Å². The molecule has 4 nitrogen and oxygen atoms in total. The van der Waals surface area contributed by atoms with Gasteiger partial charge in [-0.15, -0.1) is 0 Å². The van der Waals surface area contributed by atoms with Gasteiger partial charge in [-0.2, -0.15) is 0 Å². The van der Waals surface area contributed by atoms with Gasteiger partial charge < -0.3 is 11.5 Å². The Balaban J connectivity index is 2.94. The van der Waals surface area contributed by atoms with Crippen LogP contribution in [0, 0.1) is 13.8 Å². The molecule has 0 atom stereocenters. The summed E-state index contributed by atoms with van der Waals surface area (Å²) in [7, 11) is 0. The summed E-state index contributed by atoms with van der Waals surface area (Å²) in [6, 6.07) is 1.80. The van der Waals surface area contributed by atoms with E-state index in [4.69, 9.17) is 11.5 Å². The van der Waals surface area contributed by atoms with Crippen LogP contribution in [0.2, 0.25) is 0 Å². The molecule has 0 bridgehead atoms. The highest BCUT2D eigenvalue weighted by Crippen LogP contribution is 2.16. The fourth-order valence-electron chi connectivity index (χ4n) is 1.42. The second kappa shape index (κ2) is 4.59. The standard InChI is InChI=1S/C11H15N3O/c1-7-6-10(12)14-8(2)9(7)4-3-5-11(13)15/h3-4,6H,5H2,1-2H3,(H2,12,14)(H2,13,15). The first-order valence-corrected chi connectivity index (χ1v) is 4.69. The lowest BCUT2D eigenvalue weighted by molar-refractivity contribution is -0.117. The van der Waals surface area contributed by atoms with Crippen LogP contribution in [0.5, 0.6) is 0 Å². The van der Waals surface area contributed by atoms with Crippen LogP contribution in [-0.4, -0.2) is 10.9 Å². The van der Waals surface area contributed by atoms with Crippen LogP contribution in [-0.2, 0) is 4.79 Å². The Bertz CT molecular complexity index is 387. The van der Waals surface area contributed by atoms with Crippen molar-refractivity contribution in [2.45, 2.75) is 20.3 Å². The van der Waals surface area contributed by atoms with Crippen molar-refractivity contribution in [1.82, 2.24) is 4.98 Å². The molecule has 0 saturated heterocycles. The molecule has 0 spiro atoms. The number of nitrogen functional groups attached to an aromatic ring is 1. The van der Waals surface area contributed by atoms with E-state index in [1.54, 1.807) is 12.1 Å². The molecule has 0 aliphatic heterocycles. The van der Waals surface area contributed by atoms with Crippen molar-refractivity contribution in [2.75, 3.05) is 5.73 Å². The highest BCUT2D eigenvalue weighted by Gasteiger charge is 2.01. The molecular formula is C11H15N3O. The zero-order chi connectivity index (χ0) is 11.4. The fourth-order valence-corrected chi connectivity index (χ4v) is 1.42. The smallest absolute Gasteiger partial charge is 0.221 e. The van der Waals surface area contributed by atoms with E-state index in [1.807, 2.05) is 19.9 Å². The van der Waals surface area contributed by atoms with Gasteiger partial charge >= 0.3 is 0 Å². The van der Waals surface area contributed by atoms with Crippen molar-refractivity contribution in [2.24, 2.45) is 5.73 Å². The number of nitrogens with zero attached hydrogens (tertiary/aromatic N) is 1. The molecule has 1 aromatic heterocycles. The molecule has 1 aromatic rings. The zero-order valence-corrected chi connectivity index (χ0v) is 8.95. The Hall–Kier alpha value is -1.84. The predicted molar refractivity (Wildman–Crippen MR) is 61.0 cm³/mol. The summed E-state index contributed by atoms with van der Waals surface area (Å²) < 4.78 is 0. The molecule has 0 aliphatic rings. The average Bonchev–Trinajstić information content (AvgIpc) is 2.08. The van der Waals surface area contributed by atoms with E-state index in [0.717, 1.165) is 16.8 Å². The number of pyridine rings is 1. The molecule has 0 unspecified atom stereocenters. The van der Waals surface area contributed by atoms with Crippen LogP contribution >= 0.6 is 0 Å². The summed E-state index contributed by atoms with van der Waals surface area (Å²) in [6.45, 7) is 3.84. The number of primary amides is 1. The number of hydrogen-bond acceptors (Lipinski definition) is 3. The van der Waals surface area contributed by atoms with Crippen LogP contribution in [0.15, 0.2) is 12.1 Å². The Morgan fingerprint density at radius 1 is 1.53 bits per heavy atom. The van der Waals surface area contributed by atoms with Gasteiger partial charge in [0.15, 0.2) is 0 Å². The number of amides is 1. The second-order valence-electron chi connectivity index (χ2n) is 3.44. The number of anilines is 1. The van der Waals surface area contributed by atoms with E-state index < -0.39 is 0 Å². The Kier molecular flexibility index (Phi) is 3.44. The normalized spacial score (nSPS) is 10.8. The third kappa shape index (κ3) is 3.09. The van der Waals surface area contributed by atoms with Gasteiger partial charge in [0.25, 0.3) is 0 Å². The van der Waals surface area contributed by atoms with Crippen LogP contribution < -0.4 is 11.5 Å². The predicted octanol–water partition coefficient (Wildman–Crippen LogP) is 1.17. The van der Waals surface area contributed by atoms with Crippen molar-refractivity contribution in [3.8, 4) is 0 Å². The minimum atomic E-state index is -0.343. The summed E-state index contributed by atoms with van der Waals surface area (Å²) in [6.07, 6.45) is 3.82. The largest absolute Gasteiger partial charge is 0.384 e. The van der Waals surface area contributed by atoms with E-state index in [-0.39, 0.29) is 12.3 Å². The van der Waals surface area contributed by atoms with E-state index in [9.17, 15) is 4.79 Å². The molecule has 0 aliphatic carbocycles. The summed E-state index contributed by atoms with van der Waals surface area (Å²) in [5.41, 5.74) is 13.5. The van der Waals surface area contributed by atoms with Crippen molar-refractivity contribution < 1.29 is 4.79 Å². The number of carbonyl (C=O) groups is 1. The third-order valence-electron chi connectivity index (χ3n) is 2.08. The van der Waals surface area contributed by atoms with Gasteiger partial charge in [-0.1, -0.05) is 12.2 Å². The minimum absolute atomic E-state index is 0.239. The lowest BCUT2D eigenvalue weighted by Gasteiger charge is -2.05. The average molecular weight is 205 g/mol.